The maximum atomic E-state index is 13.7. The van der Waals surface area contributed by atoms with Gasteiger partial charge in [0.25, 0.3) is 0 Å². The summed E-state index contributed by atoms with van der Waals surface area (Å²) in [6, 6.07) is 11.4. The summed E-state index contributed by atoms with van der Waals surface area (Å²) in [6.45, 7) is 2.30. The van der Waals surface area contributed by atoms with E-state index in [0.29, 0.717) is 6.54 Å². The van der Waals surface area contributed by atoms with E-state index in [-0.39, 0.29) is 11.7 Å². The van der Waals surface area contributed by atoms with Crippen LogP contribution in [0.15, 0.2) is 42.5 Å². The van der Waals surface area contributed by atoms with Crippen molar-refractivity contribution in [3.8, 4) is 5.75 Å². The lowest BCUT2D eigenvalue weighted by Gasteiger charge is -2.18. The SMILES string of the molecule is CC(NCC1Cc2ccccc2O1)c1c(F)cccc1F. The molecule has 0 spiro atoms. The number of fused-ring (bicyclic) bond motifs is 1. The van der Waals surface area contributed by atoms with Gasteiger partial charge in [-0.15, -0.1) is 0 Å². The minimum absolute atomic E-state index is 0.000292. The molecule has 4 heteroatoms. The fourth-order valence-corrected chi connectivity index (χ4v) is 2.70. The van der Waals surface area contributed by atoms with Crippen LogP contribution in [0.2, 0.25) is 0 Å². The van der Waals surface area contributed by atoms with Gasteiger partial charge in [0.1, 0.15) is 23.5 Å². The summed E-state index contributed by atoms with van der Waals surface area (Å²) in [5.74, 6) is -0.148. The monoisotopic (exact) mass is 289 g/mol. The van der Waals surface area contributed by atoms with Gasteiger partial charge in [0.05, 0.1) is 0 Å². The molecular weight excluding hydrogens is 272 g/mol. The zero-order chi connectivity index (χ0) is 14.8. The molecule has 2 atom stereocenters. The molecule has 110 valence electrons. The van der Waals surface area contributed by atoms with Crippen LogP contribution in [0.1, 0.15) is 24.1 Å². The standard InChI is InChI=1S/C17H17F2NO/c1-11(17-14(18)6-4-7-15(17)19)20-10-13-9-12-5-2-3-8-16(12)21-13/h2-8,11,13,20H,9-10H2,1H3. The first-order chi connectivity index (χ1) is 10.1. The maximum Gasteiger partial charge on any atom is 0.130 e. The molecular formula is C17H17F2NO. The Labute approximate surface area is 122 Å². The van der Waals surface area contributed by atoms with Crippen LogP contribution in [-0.4, -0.2) is 12.6 Å². The van der Waals surface area contributed by atoms with Gasteiger partial charge in [0, 0.05) is 24.6 Å². The van der Waals surface area contributed by atoms with Gasteiger partial charge in [-0.25, -0.2) is 8.78 Å². The largest absolute Gasteiger partial charge is 0.488 e. The Morgan fingerprint density at radius 1 is 1.14 bits per heavy atom. The molecule has 0 amide bonds. The van der Waals surface area contributed by atoms with Gasteiger partial charge < -0.3 is 10.1 Å². The van der Waals surface area contributed by atoms with E-state index in [1.165, 1.54) is 23.8 Å². The molecule has 0 bridgehead atoms. The van der Waals surface area contributed by atoms with Crippen LogP contribution < -0.4 is 10.1 Å². The van der Waals surface area contributed by atoms with Crippen LogP contribution in [0.25, 0.3) is 0 Å². The number of benzene rings is 2. The summed E-state index contributed by atoms with van der Waals surface area (Å²) < 4.78 is 33.2. The molecule has 21 heavy (non-hydrogen) atoms. The molecule has 1 aliphatic heterocycles. The van der Waals surface area contributed by atoms with Crippen LogP contribution in [0, 0.1) is 11.6 Å². The molecule has 3 rings (SSSR count). The van der Waals surface area contributed by atoms with Gasteiger partial charge in [-0.1, -0.05) is 24.3 Å². The Morgan fingerprint density at radius 3 is 2.57 bits per heavy atom. The maximum absolute atomic E-state index is 13.7. The Morgan fingerprint density at radius 2 is 1.86 bits per heavy atom. The van der Waals surface area contributed by atoms with Gasteiger partial charge >= 0.3 is 0 Å². The van der Waals surface area contributed by atoms with Crippen molar-refractivity contribution in [2.45, 2.75) is 25.5 Å². The highest BCUT2D eigenvalue weighted by molar-refractivity contribution is 5.37. The Kier molecular flexibility index (Phi) is 3.88. The fraction of sp³-hybridized carbons (Fsp3) is 0.294. The third-order valence-corrected chi connectivity index (χ3v) is 3.80. The summed E-state index contributed by atoms with van der Waals surface area (Å²) >= 11 is 0. The number of ether oxygens (including phenoxy) is 1. The van der Waals surface area contributed by atoms with Crippen LogP contribution in [0.4, 0.5) is 8.78 Å². The predicted molar refractivity (Wildman–Crippen MR) is 77.3 cm³/mol. The zero-order valence-electron chi connectivity index (χ0n) is 11.8. The predicted octanol–water partition coefficient (Wildman–Crippen LogP) is 3.62. The van der Waals surface area contributed by atoms with E-state index in [0.717, 1.165) is 12.2 Å². The van der Waals surface area contributed by atoms with Crippen molar-refractivity contribution in [3.63, 3.8) is 0 Å². The second kappa shape index (κ2) is 5.82. The van der Waals surface area contributed by atoms with Crippen LogP contribution >= 0.6 is 0 Å². The van der Waals surface area contributed by atoms with E-state index in [4.69, 9.17) is 4.74 Å². The number of hydrogen-bond acceptors (Lipinski definition) is 2. The van der Waals surface area contributed by atoms with E-state index in [1.54, 1.807) is 6.92 Å². The molecule has 1 N–H and O–H groups in total. The van der Waals surface area contributed by atoms with E-state index in [1.807, 2.05) is 24.3 Å². The second-order valence-electron chi connectivity index (χ2n) is 5.32. The van der Waals surface area contributed by atoms with Crippen LogP contribution in [0.3, 0.4) is 0 Å². The van der Waals surface area contributed by atoms with Gasteiger partial charge in [-0.05, 0) is 30.7 Å². The van der Waals surface area contributed by atoms with Crippen molar-refractivity contribution in [1.82, 2.24) is 5.32 Å². The van der Waals surface area contributed by atoms with Crippen LogP contribution in [-0.2, 0) is 6.42 Å². The molecule has 0 aliphatic carbocycles. The lowest BCUT2D eigenvalue weighted by molar-refractivity contribution is 0.222. The highest BCUT2D eigenvalue weighted by Gasteiger charge is 2.23. The van der Waals surface area contributed by atoms with Gasteiger partial charge in [-0.2, -0.15) is 0 Å². The minimum atomic E-state index is -0.523. The second-order valence-corrected chi connectivity index (χ2v) is 5.32. The fourth-order valence-electron chi connectivity index (χ4n) is 2.70. The number of rotatable bonds is 4. The molecule has 0 saturated carbocycles. The third-order valence-electron chi connectivity index (χ3n) is 3.80. The summed E-state index contributed by atoms with van der Waals surface area (Å²) in [6.07, 6.45) is 0.815. The quantitative estimate of drug-likeness (QED) is 0.928. The minimum Gasteiger partial charge on any atom is -0.488 e. The summed E-state index contributed by atoms with van der Waals surface area (Å²) in [5.41, 5.74) is 1.25. The number of para-hydroxylation sites is 1. The highest BCUT2D eigenvalue weighted by Crippen LogP contribution is 2.28. The van der Waals surface area contributed by atoms with E-state index in [9.17, 15) is 8.78 Å². The molecule has 0 aromatic heterocycles. The molecule has 1 heterocycles. The molecule has 2 unspecified atom stereocenters. The summed E-state index contributed by atoms with van der Waals surface area (Å²) in [4.78, 5) is 0. The summed E-state index contributed by atoms with van der Waals surface area (Å²) in [5, 5.41) is 3.15. The highest BCUT2D eigenvalue weighted by atomic mass is 19.1. The van der Waals surface area contributed by atoms with E-state index >= 15 is 0 Å². The van der Waals surface area contributed by atoms with Gasteiger partial charge in [0.15, 0.2) is 0 Å². The molecule has 2 aromatic rings. The number of nitrogens with one attached hydrogen (secondary N) is 1. The molecule has 2 aromatic carbocycles. The first-order valence-electron chi connectivity index (χ1n) is 7.07. The molecule has 2 nitrogen and oxygen atoms in total. The lowest BCUT2D eigenvalue weighted by atomic mass is 10.1. The Bertz CT molecular complexity index is 599. The zero-order valence-corrected chi connectivity index (χ0v) is 11.8. The number of hydrogen-bond donors (Lipinski definition) is 1. The third kappa shape index (κ3) is 2.90. The van der Waals surface area contributed by atoms with Crippen molar-refractivity contribution in [3.05, 3.63) is 65.2 Å². The lowest BCUT2D eigenvalue weighted by Crippen LogP contribution is -2.32. The van der Waals surface area contributed by atoms with E-state index < -0.39 is 17.7 Å². The van der Waals surface area contributed by atoms with Crippen molar-refractivity contribution < 1.29 is 13.5 Å². The molecule has 0 fully saturated rings. The average molecular weight is 289 g/mol. The van der Waals surface area contributed by atoms with Crippen molar-refractivity contribution in [2.24, 2.45) is 0 Å². The normalized spacial score (nSPS) is 18.1. The Hall–Kier alpha value is -1.94. The van der Waals surface area contributed by atoms with Crippen molar-refractivity contribution in [1.29, 1.82) is 0 Å². The topological polar surface area (TPSA) is 21.3 Å². The summed E-state index contributed by atoms with van der Waals surface area (Å²) in [7, 11) is 0. The number of halogens is 2. The Balaban J connectivity index is 1.62. The van der Waals surface area contributed by atoms with Gasteiger partial charge in [-0.3, -0.25) is 0 Å². The molecule has 1 aliphatic rings. The average Bonchev–Trinajstić information content (AvgIpc) is 2.87. The first-order valence-corrected chi connectivity index (χ1v) is 7.07. The van der Waals surface area contributed by atoms with Crippen molar-refractivity contribution in [2.75, 3.05) is 6.54 Å². The van der Waals surface area contributed by atoms with Gasteiger partial charge in [0.2, 0.25) is 0 Å². The van der Waals surface area contributed by atoms with Crippen LogP contribution in [0.5, 0.6) is 5.75 Å². The smallest absolute Gasteiger partial charge is 0.130 e. The van der Waals surface area contributed by atoms with E-state index in [2.05, 4.69) is 5.32 Å². The van der Waals surface area contributed by atoms with Crippen molar-refractivity contribution >= 4 is 0 Å². The first kappa shape index (κ1) is 14.0. The molecule has 0 saturated heterocycles. The molecule has 0 radical (unpaired) electrons.